The van der Waals surface area contributed by atoms with E-state index in [2.05, 4.69) is 26.0 Å². The van der Waals surface area contributed by atoms with Crippen molar-refractivity contribution in [1.29, 1.82) is 0 Å². The van der Waals surface area contributed by atoms with Crippen molar-refractivity contribution < 1.29 is 19.4 Å². The lowest BCUT2D eigenvalue weighted by Crippen LogP contribution is -2.27. The first-order valence-electron chi connectivity index (χ1n) is 19.8. The van der Waals surface area contributed by atoms with E-state index in [1.54, 1.807) is 0 Å². The third-order valence-corrected chi connectivity index (χ3v) is 8.84. The van der Waals surface area contributed by atoms with Crippen LogP contribution in [0.5, 0.6) is 0 Å². The number of aliphatic hydroxyl groups is 1. The second-order valence-electron chi connectivity index (χ2n) is 13.4. The Kier molecular flexibility index (Phi) is 37.6. The molecule has 0 saturated carbocycles. The number of hydrogen-bond acceptors (Lipinski definition) is 4. The van der Waals surface area contributed by atoms with Crippen molar-refractivity contribution in [3.05, 3.63) is 12.2 Å². The fourth-order valence-corrected chi connectivity index (χ4v) is 5.85. The third-order valence-electron chi connectivity index (χ3n) is 8.84. The zero-order valence-corrected chi connectivity index (χ0v) is 29.9. The quantitative estimate of drug-likeness (QED) is 0.0425. The van der Waals surface area contributed by atoms with Crippen LogP contribution in [-0.4, -0.2) is 37.0 Å². The summed E-state index contributed by atoms with van der Waals surface area (Å²) < 4.78 is 11.1. The average molecular weight is 623 g/mol. The van der Waals surface area contributed by atoms with E-state index in [1.807, 2.05) is 0 Å². The summed E-state index contributed by atoms with van der Waals surface area (Å²) in [6.07, 6.45) is 44.0. The smallest absolute Gasteiger partial charge is 0.306 e. The molecule has 4 nitrogen and oxygen atoms in total. The topological polar surface area (TPSA) is 55.8 Å². The van der Waals surface area contributed by atoms with Gasteiger partial charge in [0.15, 0.2) is 0 Å². The van der Waals surface area contributed by atoms with E-state index in [4.69, 9.17) is 9.47 Å². The molecule has 0 aliphatic heterocycles. The van der Waals surface area contributed by atoms with Crippen molar-refractivity contribution in [3.63, 3.8) is 0 Å². The highest BCUT2D eigenvalue weighted by Gasteiger charge is 2.13. The second kappa shape index (κ2) is 38.3. The van der Waals surface area contributed by atoms with Crippen LogP contribution in [0.2, 0.25) is 0 Å². The lowest BCUT2D eigenvalue weighted by Gasteiger charge is -2.16. The Morgan fingerprint density at radius 1 is 0.523 bits per heavy atom. The van der Waals surface area contributed by atoms with E-state index in [1.165, 1.54) is 173 Å². The van der Waals surface area contributed by atoms with Crippen LogP contribution in [0.15, 0.2) is 12.2 Å². The number of carbonyl (C=O) groups excluding carboxylic acids is 1. The van der Waals surface area contributed by atoms with Gasteiger partial charge in [-0.3, -0.25) is 4.79 Å². The van der Waals surface area contributed by atoms with Crippen LogP contribution in [0, 0.1) is 0 Å². The van der Waals surface area contributed by atoms with Gasteiger partial charge in [0.25, 0.3) is 0 Å². The minimum atomic E-state index is -0.529. The minimum Gasteiger partial charge on any atom is -0.457 e. The molecule has 0 heterocycles. The van der Waals surface area contributed by atoms with E-state index in [9.17, 15) is 9.90 Å². The number of aliphatic hydroxyl groups excluding tert-OH is 1. The maximum absolute atomic E-state index is 12.2. The molecule has 0 amide bonds. The second-order valence-corrected chi connectivity index (χ2v) is 13.4. The normalized spacial score (nSPS) is 12.3. The molecular formula is C40H78O4. The van der Waals surface area contributed by atoms with Gasteiger partial charge in [-0.05, 0) is 38.5 Å². The van der Waals surface area contributed by atoms with E-state index in [0.29, 0.717) is 19.6 Å². The molecular weight excluding hydrogens is 544 g/mol. The summed E-state index contributed by atoms with van der Waals surface area (Å²) in [5, 5.41) is 9.57. The highest BCUT2D eigenvalue weighted by atomic mass is 16.6. The average Bonchev–Trinajstić information content (AvgIpc) is 3.03. The molecule has 0 aromatic rings. The SMILES string of the molecule is CCCCCCCC/C=C\CCCCCCCCCC(=O)OC(CO)COCCCCCCCCCCCCCCCCC. The summed E-state index contributed by atoms with van der Waals surface area (Å²) in [4.78, 5) is 12.2. The molecule has 4 heteroatoms. The zero-order valence-electron chi connectivity index (χ0n) is 29.9. The Labute approximate surface area is 275 Å². The molecule has 0 aliphatic carbocycles. The van der Waals surface area contributed by atoms with Crippen LogP contribution in [0.25, 0.3) is 0 Å². The van der Waals surface area contributed by atoms with Gasteiger partial charge in [-0.2, -0.15) is 0 Å². The molecule has 0 radical (unpaired) electrons. The molecule has 0 bridgehead atoms. The van der Waals surface area contributed by atoms with Crippen LogP contribution in [-0.2, 0) is 14.3 Å². The van der Waals surface area contributed by atoms with E-state index < -0.39 is 6.10 Å². The maximum atomic E-state index is 12.2. The number of carbonyl (C=O) groups is 1. The van der Waals surface area contributed by atoms with Crippen LogP contribution >= 0.6 is 0 Å². The van der Waals surface area contributed by atoms with Crippen molar-refractivity contribution in [2.45, 2.75) is 219 Å². The number of ether oxygens (including phenoxy) is 2. The van der Waals surface area contributed by atoms with Crippen molar-refractivity contribution in [2.24, 2.45) is 0 Å². The highest BCUT2D eigenvalue weighted by molar-refractivity contribution is 5.69. The van der Waals surface area contributed by atoms with Gasteiger partial charge >= 0.3 is 5.97 Å². The number of rotatable bonds is 37. The highest BCUT2D eigenvalue weighted by Crippen LogP contribution is 2.14. The van der Waals surface area contributed by atoms with Gasteiger partial charge in [0.05, 0.1) is 13.2 Å². The summed E-state index contributed by atoms with van der Waals surface area (Å²) in [5.74, 6) is -0.202. The Hall–Kier alpha value is -0.870. The third kappa shape index (κ3) is 35.6. The summed E-state index contributed by atoms with van der Waals surface area (Å²) in [6, 6.07) is 0. The molecule has 1 atom stereocenters. The van der Waals surface area contributed by atoms with Gasteiger partial charge in [0, 0.05) is 13.0 Å². The Morgan fingerprint density at radius 2 is 0.886 bits per heavy atom. The Balaban J connectivity index is 3.40. The molecule has 0 spiro atoms. The lowest BCUT2D eigenvalue weighted by molar-refractivity contribution is -0.154. The summed E-state index contributed by atoms with van der Waals surface area (Å²) in [6.45, 7) is 5.37. The van der Waals surface area contributed by atoms with Gasteiger partial charge in [-0.1, -0.05) is 180 Å². The first kappa shape index (κ1) is 43.1. The van der Waals surface area contributed by atoms with Gasteiger partial charge < -0.3 is 14.6 Å². The van der Waals surface area contributed by atoms with Crippen LogP contribution in [0.1, 0.15) is 213 Å². The standard InChI is InChI=1S/C40H78O4/c1-3-5-7-9-11-13-15-17-19-20-21-23-25-27-29-31-33-35-40(42)44-39(37-41)38-43-36-34-32-30-28-26-24-22-18-16-14-12-10-8-6-4-2/h17,19,39,41H,3-16,18,20-38H2,1-2H3/b19-17-. The Bertz CT molecular complexity index is 576. The Morgan fingerprint density at radius 3 is 1.30 bits per heavy atom. The predicted octanol–water partition coefficient (Wildman–Crippen LogP) is 12.6. The van der Waals surface area contributed by atoms with E-state index >= 15 is 0 Å². The number of hydrogen-bond donors (Lipinski definition) is 1. The van der Waals surface area contributed by atoms with Crippen molar-refractivity contribution in [2.75, 3.05) is 19.8 Å². The van der Waals surface area contributed by atoms with Gasteiger partial charge in [-0.25, -0.2) is 0 Å². The molecule has 0 fully saturated rings. The van der Waals surface area contributed by atoms with Crippen molar-refractivity contribution >= 4 is 5.97 Å². The largest absolute Gasteiger partial charge is 0.457 e. The molecule has 0 aromatic carbocycles. The molecule has 262 valence electrons. The maximum Gasteiger partial charge on any atom is 0.306 e. The fourth-order valence-electron chi connectivity index (χ4n) is 5.85. The summed E-state index contributed by atoms with van der Waals surface area (Å²) >= 11 is 0. The first-order valence-corrected chi connectivity index (χ1v) is 19.8. The lowest BCUT2D eigenvalue weighted by atomic mass is 10.0. The van der Waals surface area contributed by atoms with Crippen LogP contribution in [0.3, 0.4) is 0 Å². The molecule has 1 N–H and O–H groups in total. The van der Waals surface area contributed by atoms with Crippen molar-refractivity contribution in [1.82, 2.24) is 0 Å². The van der Waals surface area contributed by atoms with E-state index in [0.717, 1.165) is 19.3 Å². The molecule has 0 aromatic heterocycles. The summed E-state index contributed by atoms with van der Waals surface area (Å²) in [7, 11) is 0. The van der Waals surface area contributed by atoms with Gasteiger partial charge in [0.2, 0.25) is 0 Å². The molecule has 0 rings (SSSR count). The van der Waals surface area contributed by atoms with E-state index in [-0.39, 0.29) is 12.6 Å². The number of unbranched alkanes of at least 4 members (excludes halogenated alkanes) is 27. The fraction of sp³-hybridized carbons (Fsp3) is 0.925. The summed E-state index contributed by atoms with van der Waals surface area (Å²) in [5.41, 5.74) is 0. The van der Waals surface area contributed by atoms with Crippen molar-refractivity contribution in [3.8, 4) is 0 Å². The number of allylic oxidation sites excluding steroid dienone is 2. The van der Waals surface area contributed by atoms with Gasteiger partial charge in [-0.15, -0.1) is 0 Å². The minimum absolute atomic E-state index is 0.168. The molecule has 0 saturated heterocycles. The molecule has 0 aliphatic rings. The predicted molar refractivity (Wildman–Crippen MR) is 191 cm³/mol. The number of esters is 1. The monoisotopic (exact) mass is 623 g/mol. The van der Waals surface area contributed by atoms with Crippen LogP contribution < -0.4 is 0 Å². The van der Waals surface area contributed by atoms with Crippen LogP contribution in [0.4, 0.5) is 0 Å². The molecule has 44 heavy (non-hydrogen) atoms. The first-order chi connectivity index (χ1) is 21.7. The molecule has 1 unspecified atom stereocenters. The zero-order chi connectivity index (χ0) is 32.0. The van der Waals surface area contributed by atoms with Gasteiger partial charge in [0.1, 0.15) is 6.10 Å².